The molecule has 0 fully saturated rings. The second-order valence-electron chi connectivity index (χ2n) is 3.07. The van der Waals surface area contributed by atoms with Gasteiger partial charge in [-0.25, -0.2) is 0 Å². The third kappa shape index (κ3) is 1.97. The summed E-state index contributed by atoms with van der Waals surface area (Å²) in [4.78, 5) is 11.5. The maximum atomic E-state index is 11.5. The molecule has 0 N–H and O–H groups in total. The Kier molecular flexibility index (Phi) is 3.09. The molecule has 0 spiro atoms. The van der Waals surface area contributed by atoms with Crippen molar-refractivity contribution in [1.82, 2.24) is 0 Å². The topological polar surface area (TPSA) is 30.2 Å². The normalized spacial score (nSPS) is 12.8. The van der Waals surface area contributed by atoms with E-state index in [1.165, 1.54) is 12.5 Å². The van der Waals surface area contributed by atoms with E-state index < -0.39 is 0 Å². The number of hydrogen-bond donors (Lipinski definition) is 0. The van der Waals surface area contributed by atoms with Crippen LogP contribution >= 0.6 is 0 Å². The minimum Gasteiger partial charge on any atom is -0.472 e. The summed E-state index contributed by atoms with van der Waals surface area (Å²) in [5.74, 6) is 0.304. The molecule has 1 aromatic rings. The van der Waals surface area contributed by atoms with Gasteiger partial charge >= 0.3 is 0 Å². The van der Waals surface area contributed by atoms with Crippen LogP contribution in [0.4, 0.5) is 0 Å². The number of hydrogen-bond acceptors (Lipinski definition) is 2. The summed E-state index contributed by atoms with van der Waals surface area (Å²) < 4.78 is 4.84. The number of Topliss-reactive ketones (excluding diaryl/α,β-unsaturated/α-hetero) is 1. The molecule has 0 bridgehead atoms. The lowest BCUT2D eigenvalue weighted by atomic mass is 9.97. The van der Waals surface area contributed by atoms with E-state index in [1.807, 2.05) is 6.92 Å². The van der Waals surface area contributed by atoms with Crippen LogP contribution in [-0.4, -0.2) is 5.78 Å². The highest BCUT2D eigenvalue weighted by Crippen LogP contribution is 2.13. The fourth-order valence-electron chi connectivity index (χ4n) is 1.25. The zero-order valence-electron chi connectivity index (χ0n) is 7.54. The molecule has 0 saturated heterocycles. The third-order valence-electron chi connectivity index (χ3n) is 1.97. The molecule has 1 rings (SSSR count). The van der Waals surface area contributed by atoms with Crippen LogP contribution in [0.25, 0.3) is 0 Å². The summed E-state index contributed by atoms with van der Waals surface area (Å²) >= 11 is 0. The lowest BCUT2D eigenvalue weighted by Crippen LogP contribution is -2.09. The van der Waals surface area contributed by atoms with Gasteiger partial charge in [-0.2, -0.15) is 0 Å². The fourth-order valence-corrected chi connectivity index (χ4v) is 1.25. The number of carbonyl (C=O) groups excluding carboxylic acids is 1. The zero-order valence-corrected chi connectivity index (χ0v) is 7.54. The maximum absolute atomic E-state index is 11.5. The minimum atomic E-state index is 0.118. The molecule has 0 aliphatic heterocycles. The fraction of sp³-hybridized carbons (Fsp3) is 0.500. The quantitative estimate of drug-likeness (QED) is 0.644. The molecule has 0 radical (unpaired) electrons. The highest BCUT2D eigenvalue weighted by atomic mass is 16.3. The number of furan rings is 1. The Morgan fingerprint density at radius 3 is 2.92 bits per heavy atom. The van der Waals surface area contributed by atoms with Gasteiger partial charge in [0.2, 0.25) is 0 Å². The molecule has 1 unspecified atom stereocenters. The van der Waals surface area contributed by atoms with Gasteiger partial charge in [-0.1, -0.05) is 20.3 Å². The van der Waals surface area contributed by atoms with Crippen LogP contribution in [-0.2, 0) is 0 Å². The first kappa shape index (κ1) is 9.04. The molecule has 0 saturated carbocycles. The lowest BCUT2D eigenvalue weighted by molar-refractivity contribution is 0.0923. The van der Waals surface area contributed by atoms with Crippen LogP contribution in [0.1, 0.15) is 37.0 Å². The predicted octanol–water partition coefficient (Wildman–Crippen LogP) is 2.90. The smallest absolute Gasteiger partial charge is 0.168 e. The van der Waals surface area contributed by atoms with Crippen molar-refractivity contribution in [2.24, 2.45) is 5.92 Å². The summed E-state index contributed by atoms with van der Waals surface area (Å²) in [6, 6.07) is 1.72. The van der Waals surface area contributed by atoms with E-state index in [-0.39, 0.29) is 11.7 Å². The maximum Gasteiger partial charge on any atom is 0.168 e. The molecule has 0 aliphatic carbocycles. The van der Waals surface area contributed by atoms with E-state index in [4.69, 9.17) is 4.42 Å². The molecule has 66 valence electrons. The van der Waals surface area contributed by atoms with Crippen molar-refractivity contribution in [3.05, 3.63) is 24.2 Å². The summed E-state index contributed by atoms with van der Waals surface area (Å²) in [6.45, 7) is 4.04. The predicted molar refractivity (Wildman–Crippen MR) is 47.1 cm³/mol. The van der Waals surface area contributed by atoms with E-state index in [2.05, 4.69) is 6.92 Å². The molecular formula is C10H14O2. The molecule has 0 amide bonds. The van der Waals surface area contributed by atoms with E-state index in [0.717, 1.165) is 12.8 Å². The van der Waals surface area contributed by atoms with Gasteiger partial charge in [0.15, 0.2) is 5.78 Å². The standard InChI is InChI=1S/C10H14O2/c1-3-4-8(2)10(11)9-5-6-12-7-9/h5-8H,3-4H2,1-2H3. The number of rotatable bonds is 4. The lowest BCUT2D eigenvalue weighted by Gasteiger charge is -2.05. The van der Waals surface area contributed by atoms with Crippen LogP contribution < -0.4 is 0 Å². The first-order chi connectivity index (χ1) is 5.75. The average Bonchev–Trinajstić information content (AvgIpc) is 2.55. The molecular weight excluding hydrogens is 152 g/mol. The molecule has 1 heterocycles. The Bertz CT molecular complexity index is 236. The third-order valence-corrected chi connectivity index (χ3v) is 1.97. The molecule has 1 aromatic heterocycles. The minimum absolute atomic E-state index is 0.118. The summed E-state index contributed by atoms with van der Waals surface area (Å²) in [5, 5.41) is 0. The first-order valence-corrected chi connectivity index (χ1v) is 4.32. The molecule has 0 aliphatic rings. The van der Waals surface area contributed by atoms with Gasteiger partial charge in [0.05, 0.1) is 11.8 Å². The highest BCUT2D eigenvalue weighted by Gasteiger charge is 2.14. The average molecular weight is 166 g/mol. The van der Waals surface area contributed by atoms with Crippen molar-refractivity contribution in [3.8, 4) is 0 Å². The molecule has 0 aromatic carbocycles. The van der Waals surface area contributed by atoms with Gasteiger partial charge in [0.25, 0.3) is 0 Å². The van der Waals surface area contributed by atoms with Crippen LogP contribution in [0, 0.1) is 5.92 Å². The van der Waals surface area contributed by atoms with Gasteiger partial charge in [-0.15, -0.1) is 0 Å². The first-order valence-electron chi connectivity index (χ1n) is 4.32. The molecule has 2 heteroatoms. The van der Waals surface area contributed by atoms with Crippen LogP contribution in [0.3, 0.4) is 0 Å². The van der Waals surface area contributed by atoms with Gasteiger partial charge in [0, 0.05) is 5.92 Å². The van der Waals surface area contributed by atoms with Crippen molar-refractivity contribution < 1.29 is 9.21 Å². The van der Waals surface area contributed by atoms with Crippen LogP contribution in [0.15, 0.2) is 23.0 Å². The summed E-state index contributed by atoms with van der Waals surface area (Å²) in [5.41, 5.74) is 0.691. The van der Waals surface area contributed by atoms with Crippen molar-refractivity contribution >= 4 is 5.78 Å². The number of ketones is 1. The van der Waals surface area contributed by atoms with Crippen LogP contribution in [0.5, 0.6) is 0 Å². The van der Waals surface area contributed by atoms with Crippen molar-refractivity contribution in [2.45, 2.75) is 26.7 Å². The highest BCUT2D eigenvalue weighted by molar-refractivity contribution is 5.97. The molecule has 2 nitrogen and oxygen atoms in total. The zero-order chi connectivity index (χ0) is 8.97. The van der Waals surface area contributed by atoms with E-state index in [0.29, 0.717) is 5.56 Å². The van der Waals surface area contributed by atoms with E-state index in [1.54, 1.807) is 6.07 Å². The van der Waals surface area contributed by atoms with E-state index >= 15 is 0 Å². The summed E-state index contributed by atoms with van der Waals surface area (Å²) in [7, 11) is 0. The summed E-state index contributed by atoms with van der Waals surface area (Å²) in [6.07, 6.45) is 5.04. The largest absolute Gasteiger partial charge is 0.472 e. The van der Waals surface area contributed by atoms with Crippen molar-refractivity contribution in [1.29, 1.82) is 0 Å². The Labute approximate surface area is 72.6 Å². The van der Waals surface area contributed by atoms with Crippen LogP contribution in [0.2, 0.25) is 0 Å². The van der Waals surface area contributed by atoms with E-state index in [9.17, 15) is 4.79 Å². The molecule has 12 heavy (non-hydrogen) atoms. The Morgan fingerprint density at radius 1 is 1.67 bits per heavy atom. The van der Waals surface area contributed by atoms with Gasteiger partial charge in [-0.3, -0.25) is 4.79 Å². The van der Waals surface area contributed by atoms with Crippen molar-refractivity contribution in [3.63, 3.8) is 0 Å². The van der Waals surface area contributed by atoms with Gasteiger partial charge < -0.3 is 4.42 Å². The monoisotopic (exact) mass is 166 g/mol. The Balaban J connectivity index is 2.59. The van der Waals surface area contributed by atoms with Crippen molar-refractivity contribution in [2.75, 3.05) is 0 Å². The Morgan fingerprint density at radius 2 is 2.42 bits per heavy atom. The van der Waals surface area contributed by atoms with Gasteiger partial charge in [-0.05, 0) is 12.5 Å². The second kappa shape index (κ2) is 4.10. The number of carbonyl (C=O) groups is 1. The molecule has 1 atom stereocenters. The Hall–Kier alpha value is -1.05. The second-order valence-corrected chi connectivity index (χ2v) is 3.07. The SMILES string of the molecule is CCCC(C)C(=O)c1ccoc1. The van der Waals surface area contributed by atoms with Gasteiger partial charge in [0.1, 0.15) is 6.26 Å².